The summed E-state index contributed by atoms with van der Waals surface area (Å²) in [6, 6.07) is -1.28. The molecule has 0 rings (SSSR count). The Morgan fingerprint density at radius 3 is 2.25 bits per heavy atom. The molecule has 96 valence electrons. The molecular formula is C9H16F3NO3. The molecule has 16 heavy (non-hydrogen) atoms. The van der Waals surface area contributed by atoms with Crippen molar-refractivity contribution in [2.24, 2.45) is 0 Å². The first-order chi connectivity index (χ1) is 7.07. The first-order valence-corrected chi connectivity index (χ1v) is 4.65. The van der Waals surface area contributed by atoms with Crippen LogP contribution in [0.3, 0.4) is 0 Å². The average Bonchev–Trinajstić information content (AvgIpc) is 2.10. The van der Waals surface area contributed by atoms with E-state index in [1.807, 2.05) is 5.32 Å². The summed E-state index contributed by atoms with van der Waals surface area (Å²) in [4.78, 5) is 10.7. The highest BCUT2D eigenvalue weighted by molar-refractivity contribution is 5.73. The Kier molecular flexibility index (Phi) is 5.21. The molecule has 2 N–H and O–H groups in total. The number of aliphatic carboxylic acids is 1. The van der Waals surface area contributed by atoms with Gasteiger partial charge in [-0.1, -0.05) is 0 Å². The van der Waals surface area contributed by atoms with E-state index in [-0.39, 0.29) is 6.42 Å². The molecule has 1 unspecified atom stereocenters. The second-order valence-electron chi connectivity index (χ2n) is 4.05. The number of nitrogens with one attached hydrogen (secondary N) is 1. The number of halogens is 3. The molecular weight excluding hydrogens is 227 g/mol. The number of methoxy groups -OCH3 is 1. The van der Waals surface area contributed by atoms with Crippen molar-refractivity contribution in [2.75, 3.05) is 13.7 Å². The normalized spacial score (nSPS) is 14.9. The lowest BCUT2D eigenvalue weighted by molar-refractivity contribution is -0.146. The highest BCUT2D eigenvalue weighted by Crippen LogP contribution is 2.18. The molecule has 0 saturated heterocycles. The highest BCUT2D eigenvalue weighted by atomic mass is 19.4. The molecule has 0 fully saturated rings. The molecule has 0 aliphatic carbocycles. The summed E-state index contributed by atoms with van der Waals surface area (Å²) in [5, 5.41) is 10.7. The molecule has 0 aromatic rings. The summed E-state index contributed by atoms with van der Waals surface area (Å²) in [6.07, 6.45) is -4.47. The molecule has 0 aromatic heterocycles. The van der Waals surface area contributed by atoms with Crippen molar-refractivity contribution in [3.8, 4) is 0 Å². The summed E-state index contributed by atoms with van der Waals surface area (Å²) in [6.45, 7) is 1.89. The Morgan fingerprint density at radius 1 is 1.44 bits per heavy atom. The van der Waals surface area contributed by atoms with E-state index in [0.29, 0.717) is 0 Å². The van der Waals surface area contributed by atoms with Crippen molar-refractivity contribution in [1.29, 1.82) is 0 Å². The minimum atomic E-state index is -4.43. The summed E-state index contributed by atoms with van der Waals surface area (Å²) in [5.74, 6) is -1.32. The zero-order valence-corrected chi connectivity index (χ0v) is 9.39. The van der Waals surface area contributed by atoms with Crippen LogP contribution in [-0.2, 0) is 9.53 Å². The van der Waals surface area contributed by atoms with Crippen molar-refractivity contribution < 1.29 is 27.8 Å². The van der Waals surface area contributed by atoms with Crippen LogP contribution in [0.1, 0.15) is 20.3 Å². The first kappa shape index (κ1) is 15.2. The molecule has 1 atom stereocenters. The second kappa shape index (κ2) is 5.49. The van der Waals surface area contributed by atoms with Crippen LogP contribution < -0.4 is 5.32 Å². The number of ether oxygens (including phenoxy) is 1. The molecule has 7 heteroatoms. The summed E-state index contributed by atoms with van der Waals surface area (Å²) < 4.78 is 40.7. The lowest BCUT2D eigenvalue weighted by Gasteiger charge is -2.27. The van der Waals surface area contributed by atoms with Gasteiger partial charge in [0.05, 0.1) is 12.1 Å². The Morgan fingerprint density at radius 2 is 1.94 bits per heavy atom. The molecule has 0 aliphatic heterocycles. The van der Waals surface area contributed by atoms with Gasteiger partial charge in [-0.15, -0.1) is 0 Å². The molecule has 0 radical (unpaired) electrons. The van der Waals surface area contributed by atoms with Crippen LogP contribution in [0.5, 0.6) is 0 Å². The minimum Gasteiger partial charge on any atom is -0.480 e. The molecule has 0 aliphatic rings. The van der Waals surface area contributed by atoms with Gasteiger partial charge in [-0.25, -0.2) is 0 Å². The molecule has 0 aromatic carbocycles. The Bertz CT molecular complexity index is 241. The van der Waals surface area contributed by atoms with E-state index >= 15 is 0 Å². The number of hydrogen-bond donors (Lipinski definition) is 2. The van der Waals surface area contributed by atoms with Gasteiger partial charge in [0.1, 0.15) is 6.04 Å². The van der Waals surface area contributed by atoms with Gasteiger partial charge in [0.15, 0.2) is 0 Å². The number of alkyl halides is 3. The van der Waals surface area contributed by atoms with Gasteiger partial charge >= 0.3 is 12.1 Å². The maximum absolute atomic E-state index is 11.9. The van der Waals surface area contributed by atoms with Gasteiger partial charge in [-0.3, -0.25) is 10.1 Å². The predicted molar refractivity (Wildman–Crippen MR) is 51.2 cm³/mol. The van der Waals surface area contributed by atoms with Gasteiger partial charge < -0.3 is 9.84 Å². The molecule has 0 saturated carbocycles. The maximum Gasteiger partial charge on any atom is 0.401 e. The third kappa shape index (κ3) is 6.62. The fourth-order valence-electron chi connectivity index (χ4n) is 1.06. The van der Waals surface area contributed by atoms with Crippen molar-refractivity contribution in [2.45, 2.75) is 38.1 Å². The zero-order valence-electron chi connectivity index (χ0n) is 9.39. The van der Waals surface area contributed by atoms with Crippen LogP contribution in [-0.4, -0.2) is 42.5 Å². The van der Waals surface area contributed by atoms with Gasteiger partial charge in [-0.05, 0) is 13.8 Å². The second-order valence-corrected chi connectivity index (χ2v) is 4.05. The fraction of sp³-hybridized carbons (Fsp3) is 0.889. The fourth-order valence-corrected chi connectivity index (χ4v) is 1.06. The summed E-state index contributed by atoms with van der Waals surface area (Å²) in [7, 11) is 1.38. The van der Waals surface area contributed by atoms with E-state index in [0.717, 1.165) is 0 Å². The lowest BCUT2D eigenvalue weighted by atomic mass is 9.99. The van der Waals surface area contributed by atoms with Crippen molar-refractivity contribution >= 4 is 5.97 Å². The van der Waals surface area contributed by atoms with Gasteiger partial charge in [0.25, 0.3) is 0 Å². The van der Waals surface area contributed by atoms with Crippen LogP contribution in [0, 0.1) is 0 Å². The van der Waals surface area contributed by atoms with E-state index in [1.165, 1.54) is 7.11 Å². The topological polar surface area (TPSA) is 58.6 Å². The van der Waals surface area contributed by atoms with Crippen molar-refractivity contribution in [3.05, 3.63) is 0 Å². The number of carbonyl (C=O) groups is 1. The predicted octanol–water partition coefficient (Wildman–Crippen LogP) is 1.41. The Labute approximate surface area is 91.8 Å². The van der Waals surface area contributed by atoms with Crippen molar-refractivity contribution in [3.63, 3.8) is 0 Å². The summed E-state index contributed by atoms with van der Waals surface area (Å²) in [5.41, 5.74) is -0.790. The quantitative estimate of drug-likeness (QED) is 0.740. The number of hydrogen-bond acceptors (Lipinski definition) is 3. The molecule has 0 amide bonds. The van der Waals surface area contributed by atoms with Crippen LogP contribution in [0.4, 0.5) is 13.2 Å². The zero-order chi connectivity index (χ0) is 13.0. The molecule has 0 bridgehead atoms. The third-order valence-electron chi connectivity index (χ3n) is 2.10. The smallest absolute Gasteiger partial charge is 0.401 e. The SMILES string of the molecule is COC(C)(C)CC(NCC(F)(F)F)C(=O)O. The monoisotopic (exact) mass is 243 g/mol. The van der Waals surface area contributed by atoms with Crippen molar-refractivity contribution in [1.82, 2.24) is 5.32 Å². The largest absolute Gasteiger partial charge is 0.480 e. The number of carboxylic acid groups (broad SMARTS) is 1. The minimum absolute atomic E-state index is 0.0467. The lowest BCUT2D eigenvalue weighted by Crippen LogP contribution is -2.46. The van der Waals surface area contributed by atoms with Crippen LogP contribution in [0.2, 0.25) is 0 Å². The van der Waals surface area contributed by atoms with Crippen LogP contribution >= 0.6 is 0 Å². The number of rotatable bonds is 6. The molecule has 4 nitrogen and oxygen atoms in total. The Balaban J connectivity index is 4.36. The third-order valence-corrected chi connectivity index (χ3v) is 2.10. The van der Waals surface area contributed by atoms with Gasteiger partial charge in [0, 0.05) is 13.5 Å². The summed E-state index contributed by atoms with van der Waals surface area (Å²) >= 11 is 0. The highest BCUT2D eigenvalue weighted by Gasteiger charge is 2.33. The standard InChI is InChI=1S/C9H16F3NO3/c1-8(2,16-3)4-6(7(14)15)13-5-9(10,11)12/h6,13H,4-5H2,1-3H3,(H,14,15). The maximum atomic E-state index is 11.9. The molecule has 0 heterocycles. The van der Waals surface area contributed by atoms with Crippen LogP contribution in [0.25, 0.3) is 0 Å². The average molecular weight is 243 g/mol. The van der Waals surface area contributed by atoms with E-state index in [4.69, 9.17) is 9.84 Å². The first-order valence-electron chi connectivity index (χ1n) is 4.65. The Hall–Kier alpha value is -0.820. The van der Waals surface area contributed by atoms with E-state index in [2.05, 4.69) is 0 Å². The van der Waals surface area contributed by atoms with Gasteiger partial charge in [-0.2, -0.15) is 13.2 Å². The van der Waals surface area contributed by atoms with Crippen LogP contribution in [0.15, 0.2) is 0 Å². The van der Waals surface area contributed by atoms with Gasteiger partial charge in [0.2, 0.25) is 0 Å². The molecule has 0 spiro atoms. The number of carboxylic acids is 1. The van der Waals surface area contributed by atoms with E-state index in [1.54, 1.807) is 13.8 Å². The van der Waals surface area contributed by atoms with E-state index < -0.39 is 30.3 Å². The van der Waals surface area contributed by atoms with E-state index in [9.17, 15) is 18.0 Å².